The molecule has 0 aliphatic heterocycles. The summed E-state index contributed by atoms with van der Waals surface area (Å²) in [6.07, 6.45) is 0. The summed E-state index contributed by atoms with van der Waals surface area (Å²) in [5, 5.41) is 2.32. The SMILES string of the molecule is O=P(c1ccccc1)(c1ccc(OCc2ccccc2)cc1)c1ccc(OCc2ccccc2)cc1. The third-order valence-corrected chi connectivity index (χ3v) is 9.09. The van der Waals surface area contributed by atoms with E-state index in [4.69, 9.17) is 9.47 Å². The van der Waals surface area contributed by atoms with Gasteiger partial charge in [-0.3, -0.25) is 0 Å². The molecule has 0 amide bonds. The van der Waals surface area contributed by atoms with Crippen molar-refractivity contribution >= 4 is 23.1 Å². The molecule has 5 aromatic rings. The summed E-state index contributed by atoms with van der Waals surface area (Å²) < 4.78 is 26.6. The second kappa shape index (κ2) is 11.1. The van der Waals surface area contributed by atoms with Crippen LogP contribution in [0.5, 0.6) is 11.5 Å². The zero-order valence-corrected chi connectivity index (χ0v) is 20.8. The van der Waals surface area contributed by atoms with Crippen LogP contribution in [0.15, 0.2) is 140 Å². The van der Waals surface area contributed by atoms with Gasteiger partial charge in [0.15, 0.2) is 7.14 Å². The van der Waals surface area contributed by atoms with Gasteiger partial charge in [0, 0.05) is 15.9 Å². The molecule has 0 aromatic heterocycles. The number of hydrogen-bond donors (Lipinski definition) is 0. The van der Waals surface area contributed by atoms with Crippen molar-refractivity contribution in [1.29, 1.82) is 0 Å². The Bertz CT molecular complexity index is 1330. The van der Waals surface area contributed by atoms with E-state index in [-0.39, 0.29) is 0 Å². The summed E-state index contributed by atoms with van der Waals surface area (Å²) in [4.78, 5) is 0. The summed E-state index contributed by atoms with van der Waals surface area (Å²) in [5.41, 5.74) is 2.21. The fourth-order valence-corrected chi connectivity index (χ4v) is 6.70. The maximum atomic E-state index is 14.7. The summed E-state index contributed by atoms with van der Waals surface area (Å²) in [7, 11) is -3.08. The number of rotatable bonds is 9. The highest BCUT2D eigenvalue weighted by Crippen LogP contribution is 2.43. The molecule has 0 fully saturated rings. The van der Waals surface area contributed by atoms with Crippen molar-refractivity contribution in [3.8, 4) is 11.5 Å². The molecule has 0 bridgehead atoms. The van der Waals surface area contributed by atoms with E-state index in [1.54, 1.807) is 0 Å². The van der Waals surface area contributed by atoms with Gasteiger partial charge in [0.2, 0.25) is 0 Å². The van der Waals surface area contributed by atoms with E-state index in [0.29, 0.717) is 13.2 Å². The molecule has 36 heavy (non-hydrogen) atoms. The lowest BCUT2D eigenvalue weighted by Crippen LogP contribution is -2.25. The smallest absolute Gasteiger partial charge is 0.171 e. The summed E-state index contributed by atoms with van der Waals surface area (Å²) in [5.74, 6) is 1.48. The van der Waals surface area contributed by atoms with E-state index in [0.717, 1.165) is 38.5 Å². The topological polar surface area (TPSA) is 35.5 Å². The largest absolute Gasteiger partial charge is 0.489 e. The summed E-state index contributed by atoms with van der Waals surface area (Å²) in [6.45, 7) is 0.974. The van der Waals surface area contributed by atoms with Crippen molar-refractivity contribution in [1.82, 2.24) is 0 Å². The second-order valence-corrected chi connectivity index (χ2v) is 11.2. The molecule has 0 unspecified atom stereocenters. The fraction of sp³-hybridized carbons (Fsp3) is 0.0625. The van der Waals surface area contributed by atoms with E-state index in [9.17, 15) is 4.57 Å². The normalized spacial score (nSPS) is 11.1. The third kappa shape index (κ3) is 5.43. The van der Waals surface area contributed by atoms with Crippen LogP contribution in [0.3, 0.4) is 0 Å². The first-order valence-electron chi connectivity index (χ1n) is 11.9. The molecule has 0 heterocycles. The van der Waals surface area contributed by atoms with Crippen LogP contribution in [-0.2, 0) is 17.8 Å². The number of benzene rings is 5. The molecular weight excluding hydrogens is 463 g/mol. The standard InChI is InChI=1S/C32H27O3P/c33-36(30-14-8-3-9-15-30,31-20-16-28(17-21-31)34-24-26-10-4-1-5-11-26)32-22-18-29(19-23-32)35-25-27-12-6-2-7-13-27/h1-23H,24-25H2. The van der Waals surface area contributed by atoms with Gasteiger partial charge in [-0.05, 0) is 59.7 Å². The summed E-state index contributed by atoms with van der Waals surface area (Å²) >= 11 is 0. The van der Waals surface area contributed by atoms with Crippen molar-refractivity contribution < 1.29 is 14.0 Å². The van der Waals surface area contributed by atoms with Gasteiger partial charge in [-0.25, -0.2) is 0 Å². The molecule has 0 N–H and O–H groups in total. The van der Waals surface area contributed by atoms with Gasteiger partial charge in [-0.1, -0.05) is 91.0 Å². The van der Waals surface area contributed by atoms with E-state index < -0.39 is 7.14 Å². The van der Waals surface area contributed by atoms with Crippen LogP contribution in [0.2, 0.25) is 0 Å². The van der Waals surface area contributed by atoms with Gasteiger partial charge in [0.05, 0.1) is 0 Å². The quantitative estimate of drug-likeness (QED) is 0.222. The maximum Gasteiger partial charge on any atom is 0.171 e. The molecule has 0 aliphatic rings. The van der Waals surface area contributed by atoms with Crippen molar-refractivity contribution in [3.63, 3.8) is 0 Å². The Morgan fingerprint density at radius 3 is 1.14 bits per heavy atom. The minimum atomic E-state index is -3.08. The molecule has 0 saturated heterocycles. The molecule has 0 spiro atoms. The Morgan fingerprint density at radius 1 is 0.417 bits per heavy atom. The van der Waals surface area contributed by atoms with Crippen molar-refractivity contribution in [2.75, 3.05) is 0 Å². The van der Waals surface area contributed by atoms with Gasteiger partial charge in [0.1, 0.15) is 24.7 Å². The molecule has 5 rings (SSSR count). The predicted molar refractivity (Wildman–Crippen MR) is 147 cm³/mol. The van der Waals surface area contributed by atoms with Crippen LogP contribution in [0.4, 0.5) is 0 Å². The van der Waals surface area contributed by atoms with Crippen LogP contribution < -0.4 is 25.4 Å². The van der Waals surface area contributed by atoms with Crippen molar-refractivity contribution in [3.05, 3.63) is 151 Å². The minimum absolute atomic E-state index is 0.487. The molecule has 178 valence electrons. The molecular formula is C32H27O3P. The molecule has 0 aliphatic carbocycles. The Balaban J connectivity index is 1.39. The van der Waals surface area contributed by atoms with Crippen molar-refractivity contribution in [2.24, 2.45) is 0 Å². The Morgan fingerprint density at radius 2 is 0.750 bits per heavy atom. The van der Waals surface area contributed by atoms with E-state index >= 15 is 0 Å². The van der Waals surface area contributed by atoms with Gasteiger partial charge >= 0.3 is 0 Å². The lowest BCUT2D eigenvalue weighted by Gasteiger charge is -2.20. The maximum absolute atomic E-state index is 14.7. The van der Waals surface area contributed by atoms with Gasteiger partial charge in [-0.2, -0.15) is 0 Å². The van der Waals surface area contributed by atoms with Crippen LogP contribution in [0.1, 0.15) is 11.1 Å². The van der Waals surface area contributed by atoms with Crippen LogP contribution >= 0.6 is 7.14 Å². The Kier molecular flexibility index (Phi) is 7.30. The average molecular weight is 491 g/mol. The van der Waals surface area contributed by atoms with E-state index in [1.807, 2.05) is 140 Å². The highest BCUT2D eigenvalue weighted by Gasteiger charge is 2.29. The van der Waals surface area contributed by atoms with Crippen LogP contribution in [0.25, 0.3) is 0 Å². The molecule has 0 saturated carbocycles. The predicted octanol–water partition coefficient (Wildman–Crippen LogP) is 6.48. The van der Waals surface area contributed by atoms with Gasteiger partial charge in [0.25, 0.3) is 0 Å². The minimum Gasteiger partial charge on any atom is -0.489 e. The number of ether oxygens (including phenoxy) is 2. The monoisotopic (exact) mass is 490 g/mol. The van der Waals surface area contributed by atoms with Crippen molar-refractivity contribution in [2.45, 2.75) is 13.2 Å². The number of hydrogen-bond acceptors (Lipinski definition) is 3. The Hall–Kier alpha value is -4.07. The van der Waals surface area contributed by atoms with Crippen LogP contribution in [-0.4, -0.2) is 0 Å². The first kappa shape index (κ1) is 23.7. The fourth-order valence-electron chi connectivity index (χ4n) is 4.07. The zero-order chi connectivity index (χ0) is 24.6. The third-order valence-electron chi connectivity index (χ3n) is 6.02. The van der Waals surface area contributed by atoms with Gasteiger partial charge < -0.3 is 14.0 Å². The second-order valence-electron chi connectivity index (χ2n) is 8.48. The Labute approximate surface area is 212 Å². The lowest BCUT2D eigenvalue weighted by atomic mass is 10.2. The highest BCUT2D eigenvalue weighted by atomic mass is 31.2. The molecule has 0 atom stereocenters. The molecule has 0 radical (unpaired) electrons. The summed E-state index contributed by atoms with van der Waals surface area (Å²) in [6, 6.07) is 45.0. The van der Waals surface area contributed by atoms with Crippen LogP contribution in [0, 0.1) is 0 Å². The van der Waals surface area contributed by atoms with Gasteiger partial charge in [-0.15, -0.1) is 0 Å². The molecule has 5 aromatic carbocycles. The van der Waals surface area contributed by atoms with E-state index in [2.05, 4.69) is 0 Å². The molecule has 4 heteroatoms. The first-order valence-corrected chi connectivity index (χ1v) is 13.6. The zero-order valence-electron chi connectivity index (χ0n) is 19.9. The lowest BCUT2D eigenvalue weighted by molar-refractivity contribution is 0.306. The first-order chi connectivity index (χ1) is 17.7. The van der Waals surface area contributed by atoms with E-state index in [1.165, 1.54) is 0 Å². The average Bonchev–Trinajstić information content (AvgIpc) is 2.97. The highest BCUT2D eigenvalue weighted by molar-refractivity contribution is 7.85. The molecule has 3 nitrogen and oxygen atoms in total.